The van der Waals surface area contributed by atoms with Gasteiger partial charge in [0.25, 0.3) is 11.7 Å². The van der Waals surface area contributed by atoms with E-state index in [-0.39, 0.29) is 21.9 Å². The topological polar surface area (TPSA) is 66.8 Å². The molecule has 1 fully saturated rings. The highest BCUT2D eigenvalue weighted by Gasteiger charge is 2.48. The Labute approximate surface area is 184 Å². The van der Waals surface area contributed by atoms with Crippen molar-refractivity contribution in [2.45, 2.75) is 6.04 Å². The summed E-state index contributed by atoms with van der Waals surface area (Å²) < 4.78 is 33.6. The largest absolute Gasteiger partial charge is 0.507 e. The van der Waals surface area contributed by atoms with Crippen LogP contribution in [-0.4, -0.2) is 23.9 Å². The van der Waals surface area contributed by atoms with Gasteiger partial charge >= 0.3 is 0 Å². The van der Waals surface area contributed by atoms with Gasteiger partial charge in [-0.3, -0.25) is 14.5 Å². The first kappa shape index (κ1) is 21.0. The average Bonchev–Trinajstić information content (AvgIpc) is 3.37. The molecule has 0 radical (unpaired) electrons. The number of ether oxygens (including phenoxy) is 1. The fourth-order valence-corrected chi connectivity index (χ4v) is 4.45. The van der Waals surface area contributed by atoms with E-state index in [1.54, 1.807) is 17.5 Å². The van der Waals surface area contributed by atoms with E-state index in [0.717, 1.165) is 23.1 Å². The van der Waals surface area contributed by atoms with Crippen molar-refractivity contribution in [3.63, 3.8) is 0 Å². The van der Waals surface area contributed by atoms with Gasteiger partial charge < -0.3 is 9.84 Å². The summed E-state index contributed by atoms with van der Waals surface area (Å²) in [4.78, 5) is 27.2. The van der Waals surface area contributed by atoms with Crippen LogP contribution in [-0.2, 0) is 9.59 Å². The molecule has 1 amide bonds. The Hall–Kier alpha value is -3.23. The van der Waals surface area contributed by atoms with Gasteiger partial charge in [-0.1, -0.05) is 17.7 Å². The van der Waals surface area contributed by atoms with Crippen molar-refractivity contribution in [3.8, 4) is 5.75 Å². The molecule has 1 aliphatic heterocycles. The fraction of sp³-hybridized carbons (Fsp3) is 0.0909. The molecule has 1 unspecified atom stereocenters. The van der Waals surface area contributed by atoms with Crippen molar-refractivity contribution in [2.24, 2.45) is 0 Å². The molecular formula is C22H14ClF2NO4S. The van der Waals surface area contributed by atoms with Crippen LogP contribution in [0, 0.1) is 11.6 Å². The average molecular weight is 462 g/mol. The highest BCUT2D eigenvalue weighted by atomic mass is 35.5. The van der Waals surface area contributed by atoms with Gasteiger partial charge in [-0.15, -0.1) is 11.3 Å². The molecule has 0 aliphatic carbocycles. The minimum Gasteiger partial charge on any atom is -0.507 e. The van der Waals surface area contributed by atoms with Crippen LogP contribution in [0.3, 0.4) is 0 Å². The van der Waals surface area contributed by atoms with Gasteiger partial charge in [-0.2, -0.15) is 0 Å². The summed E-state index contributed by atoms with van der Waals surface area (Å²) in [6, 6.07) is 9.16. The smallest absolute Gasteiger partial charge is 0.300 e. The van der Waals surface area contributed by atoms with Crippen molar-refractivity contribution in [3.05, 3.63) is 86.6 Å². The van der Waals surface area contributed by atoms with Gasteiger partial charge in [0.1, 0.15) is 29.2 Å². The lowest BCUT2D eigenvalue weighted by Crippen LogP contribution is -2.30. The highest BCUT2D eigenvalue weighted by molar-refractivity contribution is 7.10. The predicted molar refractivity (Wildman–Crippen MR) is 113 cm³/mol. The van der Waals surface area contributed by atoms with Gasteiger partial charge in [0.2, 0.25) is 0 Å². The van der Waals surface area contributed by atoms with Crippen molar-refractivity contribution < 1.29 is 28.2 Å². The zero-order chi connectivity index (χ0) is 22.3. The number of halogens is 3. The molecule has 1 aliphatic rings. The van der Waals surface area contributed by atoms with E-state index in [2.05, 4.69) is 0 Å². The van der Waals surface area contributed by atoms with E-state index in [4.69, 9.17) is 16.3 Å². The van der Waals surface area contributed by atoms with Crippen LogP contribution >= 0.6 is 22.9 Å². The normalized spacial score (nSPS) is 17.9. The second kappa shape index (κ2) is 8.13. The van der Waals surface area contributed by atoms with Gasteiger partial charge in [-0.05, 0) is 41.8 Å². The van der Waals surface area contributed by atoms with Crippen LogP contribution in [0.15, 0.2) is 59.5 Å². The molecule has 1 aromatic heterocycles. The van der Waals surface area contributed by atoms with Crippen LogP contribution in [0.1, 0.15) is 16.5 Å². The Morgan fingerprint density at radius 1 is 1.16 bits per heavy atom. The fourth-order valence-electron chi connectivity index (χ4n) is 3.43. The Kier molecular flexibility index (Phi) is 5.51. The van der Waals surface area contributed by atoms with E-state index >= 15 is 0 Å². The summed E-state index contributed by atoms with van der Waals surface area (Å²) in [5, 5.41) is 13.0. The number of carbonyl (C=O) groups excluding carboxylic acids is 2. The SMILES string of the molecule is COc1cc(/C(O)=C2/C(=O)C(=O)N(c3cc(F)ccc3F)C2c2cccs2)ccc1Cl. The zero-order valence-corrected chi connectivity index (χ0v) is 17.5. The molecule has 0 saturated carbocycles. The third kappa shape index (κ3) is 3.58. The monoisotopic (exact) mass is 461 g/mol. The number of anilines is 1. The molecule has 1 atom stereocenters. The number of Topliss-reactive ketones (excluding diaryl/α,β-unsaturated/α-hetero) is 1. The number of amides is 1. The predicted octanol–water partition coefficient (Wildman–Crippen LogP) is 5.31. The van der Waals surface area contributed by atoms with E-state index < -0.39 is 40.8 Å². The lowest BCUT2D eigenvalue weighted by Gasteiger charge is -2.24. The van der Waals surface area contributed by atoms with Crippen LogP contribution < -0.4 is 9.64 Å². The number of thiophene rings is 1. The molecule has 0 bridgehead atoms. The summed E-state index contributed by atoms with van der Waals surface area (Å²) in [6.07, 6.45) is 0. The lowest BCUT2D eigenvalue weighted by atomic mass is 9.99. The third-order valence-electron chi connectivity index (χ3n) is 4.85. The van der Waals surface area contributed by atoms with Gasteiger partial charge in [-0.25, -0.2) is 8.78 Å². The second-order valence-corrected chi connectivity index (χ2v) is 8.02. The number of hydrogen-bond donors (Lipinski definition) is 1. The molecule has 0 spiro atoms. The molecule has 1 saturated heterocycles. The molecule has 2 heterocycles. The van der Waals surface area contributed by atoms with E-state index in [1.807, 2.05) is 0 Å². The summed E-state index contributed by atoms with van der Waals surface area (Å²) in [6.45, 7) is 0. The standard InChI is InChI=1S/C22H14ClF2NO4S/c1-30-16-9-11(4-6-13(16)23)20(27)18-19(17-3-2-8-31-17)26(22(29)21(18)28)15-10-12(24)5-7-14(15)25/h2-10,19,27H,1H3/b20-18-. The van der Waals surface area contributed by atoms with Gasteiger partial charge in [0, 0.05) is 16.5 Å². The number of nitrogens with zero attached hydrogens (tertiary/aromatic N) is 1. The Morgan fingerprint density at radius 3 is 2.61 bits per heavy atom. The number of methoxy groups -OCH3 is 1. The minimum atomic E-state index is -1.14. The minimum absolute atomic E-state index is 0.181. The quantitative estimate of drug-likeness (QED) is 0.324. The lowest BCUT2D eigenvalue weighted by molar-refractivity contribution is -0.132. The number of ketones is 1. The Morgan fingerprint density at radius 2 is 1.94 bits per heavy atom. The van der Waals surface area contributed by atoms with Crippen molar-refractivity contribution in [2.75, 3.05) is 12.0 Å². The van der Waals surface area contributed by atoms with E-state index in [0.29, 0.717) is 4.88 Å². The van der Waals surface area contributed by atoms with Gasteiger partial charge in [0.05, 0.1) is 23.4 Å². The summed E-state index contributed by atoms with van der Waals surface area (Å²) in [5.74, 6) is -3.97. The third-order valence-corrected chi connectivity index (χ3v) is 6.09. The van der Waals surface area contributed by atoms with Crippen LogP contribution in [0.5, 0.6) is 5.75 Å². The van der Waals surface area contributed by atoms with Crippen LogP contribution in [0.4, 0.5) is 14.5 Å². The Balaban J connectivity index is 1.95. The van der Waals surface area contributed by atoms with Crippen LogP contribution in [0.25, 0.3) is 5.76 Å². The molecule has 9 heteroatoms. The molecule has 5 nitrogen and oxygen atoms in total. The van der Waals surface area contributed by atoms with Crippen molar-refractivity contribution in [1.82, 2.24) is 0 Å². The first-order valence-electron chi connectivity index (χ1n) is 8.97. The van der Waals surface area contributed by atoms with Crippen LogP contribution in [0.2, 0.25) is 5.02 Å². The number of benzene rings is 2. The molecule has 158 valence electrons. The first-order chi connectivity index (χ1) is 14.8. The second-order valence-electron chi connectivity index (χ2n) is 6.63. The summed E-state index contributed by atoms with van der Waals surface area (Å²) in [5.41, 5.74) is -0.464. The summed E-state index contributed by atoms with van der Waals surface area (Å²) in [7, 11) is 1.39. The zero-order valence-electron chi connectivity index (χ0n) is 15.9. The van der Waals surface area contributed by atoms with E-state index in [9.17, 15) is 23.5 Å². The summed E-state index contributed by atoms with van der Waals surface area (Å²) >= 11 is 7.24. The van der Waals surface area contributed by atoms with E-state index in [1.165, 1.54) is 36.6 Å². The molecule has 31 heavy (non-hydrogen) atoms. The maximum atomic E-state index is 14.6. The number of aliphatic hydroxyl groups is 1. The molecular weight excluding hydrogens is 448 g/mol. The van der Waals surface area contributed by atoms with Crippen molar-refractivity contribution in [1.29, 1.82) is 0 Å². The first-order valence-corrected chi connectivity index (χ1v) is 10.2. The number of aliphatic hydroxyl groups excluding tert-OH is 1. The molecule has 2 aromatic carbocycles. The number of hydrogen-bond acceptors (Lipinski definition) is 5. The highest BCUT2D eigenvalue weighted by Crippen LogP contribution is 2.44. The number of rotatable bonds is 4. The molecule has 4 rings (SSSR count). The maximum absolute atomic E-state index is 14.6. The molecule has 3 aromatic rings. The number of carbonyl (C=O) groups is 2. The van der Waals surface area contributed by atoms with Gasteiger partial charge in [0.15, 0.2) is 0 Å². The molecule has 1 N–H and O–H groups in total. The maximum Gasteiger partial charge on any atom is 0.300 e. The van der Waals surface area contributed by atoms with Crippen molar-refractivity contribution >= 4 is 46.1 Å². The Bertz CT molecular complexity index is 1230.